The molecule has 3 aromatic rings. The Labute approximate surface area is 235 Å². The molecule has 3 aromatic carbocycles. The van der Waals surface area contributed by atoms with Crippen LogP contribution >= 0.6 is 0 Å². The van der Waals surface area contributed by atoms with Crippen molar-refractivity contribution in [2.75, 3.05) is 24.5 Å². The van der Waals surface area contributed by atoms with Gasteiger partial charge < -0.3 is 15.0 Å². The molecule has 8 nitrogen and oxygen atoms in total. The van der Waals surface area contributed by atoms with Crippen molar-refractivity contribution in [1.82, 2.24) is 10.2 Å². The van der Waals surface area contributed by atoms with Gasteiger partial charge in [-0.1, -0.05) is 43.2 Å². The van der Waals surface area contributed by atoms with Gasteiger partial charge >= 0.3 is 0 Å². The van der Waals surface area contributed by atoms with Crippen molar-refractivity contribution in [1.29, 1.82) is 0 Å². The lowest BCUT2D eigenvalue weighted by Gasteiger charge is -2.32. The summed E-state index contributed by atoms with van der Waals surface area (Å²) < 4.78 is 47.4. The van der Waals surface area contributed by atoms with E-state index in [9.17, 15) is 22.4 Å². The molecule has 0 bridgehead atoms. The molecular formula is C30H36FN3O5S. The number of ether oxygens (including phenoxy) is 1. The molecule has 1 N–H and O–H groups in total. The maximum Gasteiger partial charge on any atom is 0.264 e. The molecule has 0 aromatic heterocycles. The Balaban J connectivity index is 2.00. The smallest absolute Gasteiger partial charge is 0.264 e. The topological polar surface area (TPSA) is 96.0 Å². The normalized spacial score (nSPS) is 11.9. The highest BCUT2D eigenvalue weighted by Crippen LogP contribution is 2.25. The van der Waals surface area contributed by atoms with Crippen molar-refractivity contribution in [3.63, 3.8) is 0 Å². The van der Waals surface area contributed by atoms with E-state index < -0.39 is 34.3 Å². The summed E-state index contributed by atoms with van der Waals surface area (Å²) in [5, 5.41) is 2.85. The minimum Gasteiger partial charge on any atom is -0.497 e. The fourth-order valence-electron chi connectivity index (χ4n) is 4.06. The third kappa shape index (κ3) is 7.81. The van der Waals surface area contributed by atoms with Crippen LogP contribution in [0.4, 0.5) is 10.1 Å². The molecule has 40 heavy (non-hydrogen) atoms. The van der Waals surface area contributed by atoms with Gasteiger partial charge in [-0.05, 0) is 74.4 Å². The summed E-state index contributed by atoms with van der Waals surface area (Å²) >= 11 is 0. The minimum absolute atomic E-state index is 0.0523. The molecule has 10 heteroatoms. The third-order valence-electron chi connectivity index (χ3n) is 6.49. The number of aryl methyl sites for hydroxylation is 1. The van der Waals surface area contributed by atoms with Crippen LogP contribution in [0.3, 0.4) is 0 Å². The van der Waals surface area contributed by atoms with Crippen LogP contribution in [0.5, 0.6) is 5.75 Å². The van der Waals surface area contributed by atoms with Gasteiger partial charge in [0.1, 0.15) is 24.2 Å². The highest BCUT2D eigenvalue weighted by Gasteiger charge is 2.32. The number of rotatable bonds is 13. The Hall–Kier alpha value is -3.92. The quantitative estimate of drug-likeness (QED) is 0.302. The van der Waals surface area contributed by atoms with Crippen LogP contribution in [0.2, 0.25) is 0 Å². The number of carbonyl (C=O) groups is 2. The van der Waals surface area contributed by atoms with Gasteiger partial charge in [0.25, 0.3) is 10.0 Å². The van der Waals surface area contributed by atoms with Crippen LogP contribution in [0.15, 0.2) is 77.7 Å². The molecule has 0 radical (unpaired) electrons. The van der Waals surface area contributed by atoms with E-state index in [0.29, 0.717) is 17.9 Å². The average Bonchev–Trinajstić information content (AvgIpc) is 2.95. The van der Waals surface area contributed by atoms with Crippen molar-refractivity contribution >= 4 is 27.5 Å². The third-order valence-corrected chi connectivity index (χ3v) is 8.27. The van der Waals surface area contributed by atoms with Crippen molar-refractivity contribution in [3.05, 3.63) is 89.7 Å². The van der Waals surface area contributed by atoms with E-state index in [-0.39, 0.29) is 23.0 Å². The van der Waals surface area contributed by atoms with Crippen molar-refractivity contribution in [2.24, 2.45) is 0 Å². The number of anilines is 1. The van der Waals surface area contributed by atoms with E-state index in [0.717, 1.165) is 47.0 Å². The van der Waals surface area contributed by atoms with Gasteiger partial charge in [0.15, 0.2) is 0 Å². The number of nitrogens with one attached hydrogen (secondary N) is 1. The molecule has 0 aliphatic heterocycles. The standard InChI is InChI=1S/C30H36FN3O5S/c1-5-6-18-32-30(36)23(3)33(20-24-8-7-9-27(19-24)39-4)29(35)21-34(26-14-10-22(2)11-15-26)40(37,38)28-16-12-25(31)13-17-28/h7-17,19,23H,5-6,18,20-21H2,1-4H3,(H,32,36)/t23-/m0/s1. The molecule has 0 aliphatic carbocycles. The van der Waals surface area contributed by atoms with Gasteiger partial charge in [-0.2, -0.15) is 0 Å². The summed E-state index contributed by atoms with van der Waals surface area (Å²) in [6, 6.07) is 17.4. The van der Waals surface area contributed by atoms with Gasteiger partial charge in [0.05, 0.1) is 17.7 Å². The summed E-state index contributed by atoms with van der Waals surface area (Å²) in [4.78, 5) is 28.1. The van der Waals surface area contributed by atoms with Crippen molar-refractivity contribution in [2.45, 2.75) is 51.1 Å². The van der Waals surface area contributed by atoms with E-state index >= 15 is 0 Å². The molecule has 0 saturated heterocycles. The summed E-state index contributed by atoms with van der Waals surface area (Å²) in [6.07, 6.45) is 1.69. The molecule has 214 valence electrons. The van der Waals surface area contributed by atoms with Crippen LogP contribution in [0.1, 0.15) is 37.8 Å². The number of halogens is 1. The van der Waals surface area contributed by atoms with Crippen molar-refractivity contribution in [3.8, 4) is 5.75 Å². The highest BCUT2D eigenvalue weighted by molar-refractivity contribution is 7.92. The fraction of sp³-hybridized carbons (Fsp3) is 0.333. The zero-order valence-corrected chi connectivity index (χ0v) is 24.1. The number of hydrogen-bond donors (Lipinski definition) is 1. The first-order chi connectivity index (χ1) is 19.1. The summed E-state index contributed by atoms with van der Waals surface area (Å²) in [7, 11) is -2.73. The van der Waals surface area contributed by atoms with Gasteiger partial charge in [-0.3, -0.25) is 13.9 Å². The summed E-state index contributed by atoms with van der Waals surface area (Å²) in [6.45, 7) is 5.44. The minimum atomic E-state index is -4.26. The number of hydrogen-bond acceptors (Lipinski definition) is 5. The Morgan fingerprint density at radius 3 is 2.33 bits per heavy atom. The summed E-state index contributed by atoms with van der Waals surface area (Å²) in [5.41, 5.74) is 1.89. The predicted molar refractivity (Wildman–Crippen MR) is 153 cm³/mol. The van der Waals surface area contributed by atoms with E-state index in [1.165, 1.54) is 12.0 Å². The lowest BCUT2D eigenvalue weighted by Crippen LogP contribution is -2.51. The average molecular weight is 570 g/mol. The first-order valence-corrected chi connectivity index (χ1v) is 14.6. The van der Waals surface area contributed by atoms with Crippen LogP contribution in [0, 0.1) is 12.7 Å². The molecule has 0 fully saturated rings. The van der Waals surface area contributed by atoms with Gasteiger partial charge in [0.2, 0.25) is 11.8 Å². The molecule has 0 unspecified atom stereocenters. The monoisotopic (exact) mass is 569 g/mol. The molecule has 0 spiro atoms. The fourth-order valence-corrected chi connectivity index (χ4v) is 5.47. The number of sulfonamides is 1. The number of methoxy groups -OCH3 is 1. The van der Waals surface area contributed by atoms with Gasteiger partial charge in [-0.15, -0.1) is 0 Å². The zero-order chi connectivity index (χ0) is 29.3. The van der Waals surface area contributed by atoms with Crippen LogP contribution in [0.25, 0.3) is 0 Å². The second kappa shape index (κ2) is 13.9. The Kier molecular flexibility index (Phi) is 10.7. The molecule has 0 heterocycles. The Morgan fingerprint density at radius 2 is 1.70 bits per heavy atom. The Morgan fingerprint density at radius 1 is 1.02 bits per heavy atom. The number of unbranched alkanes of at least 4 members (excludes halogenated alkanes) is 1. The van der Waals surface area contributed by atoms with E-state index in [4.69, 9.17) is 4.74 Å². The first kappa shape index (κ1) is 30.6. The van der Waals surface area contributed by atoms with Crippen LogP contribution in [-0.2, 0) is 26.2 Å². The molecule has 2 amide bonds. The highest BCUT2D eigenvalue weighted by atomic mass is 32.2. The number of benzene rings is 3. The van der Waals surface area contributed by atoms with Crippen LogP contribution < -0.4 is 14.4 Å². The van der Waals surface area contributed by atoms with Gasteiger partial charge in [0, 0.05) is 13.1 Å². The second-order valence-corrected chi connectivity index (χ2v) is 11.4. The van der Waals surface area contributed by atoms with E-state index in [1.54, 1.807) is 55.5 Å². The maximum atomic E-state index is 13.9. The predicted octanol–water partition coefficient (Wildman–Crippen LogP) is 4.67. The number of nitrogens with zero attached hydrogens (tertiary/aromatic N) is 2. The number of carbonyl (C=O) groups excluding carboxylic acids is 2. The van der Waals surface area contributed by atoms with E-state index in [1.807, 2.05) is 13.8 Å². The van der Waals surface area contributed by atoms with E-state index in [2.05, 4.69) is 5.32 Å². The SMILES string of the molecule is CCCCNC(=O)[C@H](C)N(Cc1cccc(OC)c1)C(=O)CN(c1ccc(C)cc1)S(=O)(=O)c1ccc(F)cc1. The Bertz CT molecular complexity index is 1400. The lowest BCUT2D eigenvalue weighted by atomic mass is 10.1. The zero-order valence-electron chi connectivity index (χ0n) is 23.3. The van der Waals surface area contributed by atoms with Gasteiger partial charge in [-0.25, -0.2) is 12.8 Å². The molecule has 1 atom stereocenters. The largest absolute Gasteiger partial charge is 0.497 e. The molecule has 3 rings (SSSR count). The molecular weight excluding hydrogens is 533 g/mol. The molecule has 0 saturated carbocycles. The second-order valence-electron chi connectivity index (χ2n) is 9.49. The maximum absolute atomic E-state index is 13.9. The van der Waals surface area contributed by atoms with Crippen molar-refractivity contribution < 1.29 is 27.1 Å². The molecule has 0 aliphatic rings. The number of amides is 2. The lowest BCUT2D eigenvalue weighted by molar-refractivity contribution is -0.139. The summed E-state index contributed by atoms with van der Waals surface area (Å²) in [5.74, 6) is -0.908. The first-order valence-electron chi connectivity index (χ1n) is 13.1. The van der Waals surface area contributed by atoms with Crippen LogP contribution in [-0.4, -0.2) is 51.4 Å².